The first-order valence-electron chi connectivity index (χ1n) is 9.81. The third-order valence-corrected chi connectivity index (χ3v) is 5.98. The van der Waals surface area contributed by atoms with Gasteiger partial charge in [-0.3, -0.25) is 14.1 Å². The van der Waals surface area contributed by atoms with Crippen LogP contribution in [0.2, 0.25) is 5.02 Å². The number of piperidine rings is 1. The first-order valence-corrected chi connectivity index (χ1v) is 10.2. The van der Waals surface area contributed by atoms with Crippen molar-refractivity contribution in [2.75, 3.05) is 44.2 Å². The van der Waals surface area contributed by atoms with Gasteiger partial charge in [0.1, 0.15) is 0 Å². The highest BCUT2D eigenvalue weighted by Crippen LogP contribution is 2.25. The highest BCUT2D eigenvalue weighted by Gasteiger charge is 2.32. The number of piperazine rings is 1. The largest absolute Gasteiger partial charge is 0.340 e. The van der Waals surface area contributed by atoms with Gasteiger partial charge in [0.25, 0.3) is 0 Å². The molecule has 0 radical (unpaired) electrons. The summed E-state index contributed by atoms with van der Waals surface area (Å²) >= 11 is 6.14. The molecule has 0 aliphatic carbocycles. The van der Waals surface area contributed by atoms with Gasteiger partial charge in [-0.2, -0.15) is 0 Å². The molecular formula is C19H27ClN6O. The van der Waals surface area contributed by atoms with E-state index in [1.165, 1.54) is 0 Å². The Morgan fingerprint density at radius 1 is 1.15 bits per heavy atom. The first kappa shape index (κ1) is 18.5. The fourth-order valence-electron chi connectivity index (χ4n) is 4.15. The summed E-state index contributed by atoms with van der Waals surface area (Å²) in [6.07, 6.45) is 3.76. The van der Waals surface area contributed by atoms with Gasteiger partial charge in [0.15, 0.2) is 5.65 Å². The molecule has 0 aromatic carbocycles. The SMILES string of the molecule is CC(C)N1CCN(C(=O)[C@@H]2CCCN(c3nnc4ccc(Cl)cn34)C2)CC1. The van der Waals surface area contributed by atoms with Crippen molar-refractivity contribution in [2.24, 2.45) is 5.92 Å². The van der Waals surface area contributed by atoms with Crippen molar-refractivity contribution in [2.45, 2.75) is 32.7 Å². The average Bonchev–Trinajstić information content (AvgIpc) is 3.10. The third-order valence-electron chi connectivity index (χ3n) is 5.76. The van der Waals surface area contributed by atoms with E-state index in [9.17, 15) is 4.79 Å². The number of pyridine rings is 1. The molecule has 2 aromatic rings. The van der Waals surface area contributed by atoms with Crippen LogP contribution in [-0.4, -0.2) is 75.6 Å². The van der Waals surface area contributed by atoms with Gasteiger partial charge in [0, 0.05) is 51.5 Å². The summed E-state index contributed by atoms with van der Waals surface area (Å²) in [6.45, 7) is 9.60. The van der Waals surface area contributed by atoms with Crippen LogP contribution in [0, 0.1) is 5.92 Å². The maximum absolute atomic E-state index is 13.1. The third kappa shape index (κ3) is 3.75. The quantitative estimate of drug-likeness (QED) is 0.803. The van der Waals surface area contributed by atoms with E-state index in [1.807, 2.05) is 27.6 Å². The minimum atomic E-state index is 0.0240. The van der Waals surface area contributed by atoms with Crippen molar-refractivity contribution in [3.8, 4) is 0 Å². The van der Waals surface area contributed by atoms with Crippen LogP contribution in [-0.2, 0) is 4.79 Å². The lowest BCUT2D eigenvalue weighted by atomic mass is 9.96. The van der Waals surface area contributed by atoms with Crippen LogP contribution >= 0.6 is 11.6 Å². The van der Waals surface area contributed by atoms with Crippen LogP contribution in [0.4, 0.5) is 5.95 Å². The Hall–Kier alpha value is -1.86. The highest BCUT2D eigenvalue weighted by atomic mass is 35.5. The second kappa shape index (κ2) is 7.64. The van der Waals surface area contributed by atoms with Crippen LogP contribution in [0.25, 0.3) is 5.65 Å². The molecule has 27 heavy (non-hydrogen) atoms. The second-order valence-electron chi connectivity index (χ2n) is 7.82. The zero-order chi connectivity index (χ0) is 19.0. The van der Waals surface area contributed by atoms with Crippen LogP contribution in [0.3, 0.4) is 0 Å². The van der Waals surface area contributed by atoms with E-state index in [0.29, 0.717) is 17.6 Å². The number of nitrogens with zero attached hydrogens (tertiary/aromatic N) is 6. The topological polar surface area (TPSA) is 57.0 Å². The molecule has 2 aliphatic rings. The Kier molecular flexibility index (Phi) is 5.23. The number of fused-ring (bicyclic) bond motifs is 1. The minimum absolute atomic E-state index is 0.0240. The fraction of sp³-hybridized carbons (Fsp3) is 0.632. The monoisotopic (exact) mass is 390 g/mol. The van der Waals surface area contributed by atoms with Crippen LogP contribution in [0.1, 0.15) is 26.7 Å². The number of anilines is 1. The Bertz CT molecular complexity index is 814. The normalized spacial score (nSPS) is 22.0. The zero-order valence-corrected chi connectivity index (χ0v) is 16.8. The van der Waals surface area contributed by atoms with Gasteiger partial charge in [-0.05, 0) is 38.8 Å². The molecule has 0 unspecified atom stereocenters. The molecule has 2 fully saturated rings. The van der Waals surface area contributed by atoms with Gasteiger partial charge in [-0.25, -0.2) is 0 Å². The zero-order valence-electron chi connectivity index (χ0n) is 16.0. The lowest BCUT2D eigenvalue weighted by Crippen LogP contribution is -2.53. The predicted molar refractivity (Wildman–Crippen MR) is 106 cm³/mol. The van der Waals surface area contributed by atoms with E-state index in [4.69, 9.17) is 11.6 Å². The molecule has 7 nitrogen and oxygen atoms in total. The molecule has 0 spiro atoms. The summed E-state index contributed by atoms with van der Waals surface area (Å²) < 4.78 is 1.91. The minimum Gasteiger partial charge on any atom is -0.340 e. The van der Waals surface area contributed by atoms with Gasteiger partial charge < -0.3 is 9.80 Å². The lowest BCUT2D eigenvalue weighted by molar-refractivity contribution is -0.137. The van der Waals surface area contributed by atoms with Crippen LogP contribution < -0.4 is 4.90 Å². The van der Waals surface area contributed by atoms with Gasteiger partial charge in [0.05, 0.1) is 10.9 Å². The molecule has 0 bridgehead atoms. The number of carbonyl (C=O) groups excluding carboxylic acids is 1. The molecule has 1 amide bonds. The lowest BCUT2D eigenvalue weighted by Gasteiger charge is -2.40. The molecule has 4 heterocycles. The van der Waals surface area contributed by atoms with Crippen molar-refractivity contribution >= 4 is 29.1 Å². The summed E-state index contributed by atoms with van der Waals surface area (Å²) in [7, 11) is 0. The number of hydrogen-bond acceptors (Lipinski definition) is 5. The first-order chi connectivity index (χ1) is 13.0. The Labute approximate surface area is 164 Å². The van der Waals surface area contributed by atoms with E-state index in [2.05, 4.69) is 33.8 Å². The molecular weight excluding hydrogens is 364 g/mol. The van der Waals surface area contributed by atoms with E-state index < -0.39 is 0 Å². The molecule has 0 saturated carbocycles. The van der Waals surface area contributed by atoms with E-state index in [1.54, 1.807) is 0 Å². The van der Waals surface area contributed by atoms with Gasteiger partial charge >= 0.3 is 0 Å². The van der Waals surface area contributed by atoms with Gasteiger partial charge in [-0.15, -0.1) is 10.2 Å². The Balaban J connectivity index is 1.45. The molecule has 0 N–H and O–H groups in total. The summed E-state index contributed by atoms with van der Waals surface area (Å²) in [5.41, 5.74) is 0.771. The van der Waals surface area contributed by atoms with Crippen LogP contribution in [0.15, 0.2) is 18.3 Å². The van der Waals surface area contributed by atoms with Crippen LogP contribution in [0.5, 0.6) is 0 Å². The fourth-order valence-corrected chi connectivity index (χ4v) is 4.31. The number of aromatic nitrogens is 3. The van der Waals surface area contributed by atoms with E-state index in [0.717, 1.165) is 57.2 Å². The summed E-state index contributed by atoms with van der Waals surface area (Å²) in [5.74, 6) is 1.08. The number of carbonyl (C=O) groups is 1. The van der Waals surface area contributed by atoms with Crippen molar-refractivity contribution < 1.29 is 4.79 Å². The Morgan fingerprint density at radius 3 is 2.67 bits per heavy atom. The standard InChI is InChI=1S/C19H27ClN6O/c1-14(2)23-8-10-24(11-9-23)18(27)15-4-3-7-25(12-15)19-22-21-17-6-5-16(20)13-26(17)19/h5-6,13-15H,3-4,7-12H2,1-2H3/t15-/m1/s1. The molecule has 2 aromatic heterocycles. The molecule has 8 heteroatoms. The summed E-state index contributed by atoms with van der Waals surface area (Å²) in [6, 6.07) is 4.22. The molecule has 1 atom stereocenters. The van der Waals surface area contributed by atoms with Crippen molar-refractivity contribution in [3.63, 3.8) is 0 Å². The average molecular weight is 391 g/mol. The maximum Gasteiger partial charge on any atom is 0.231 e. The summed E-state index contributed by atoms with van der Waals surface area (Å²) in [4.78, 5) is 19.7. The smallest absolute Gasteiger partial charge is 0.231 e. The molecule has 146 valence electrons. The maximum atomic E-state index is 13.1. The van der Waals surface area contributed by atoms with Gasteiger partial charge in [0.2, 0.25) is 11.9 Å². The number of halogens is 1. The van der Waals surface area contributed by atoms with Crippen molar-refractivity contribution in [3.05, 3.63) is 23.4 Å². The summed E-state index contributed by atoms with van der Waals surface area (Å²) in [5, 5.41) is 9.22. The number of hydrogen-bond donors (Lipinski definition) is 0. The van der Waals surface area contributed by atoms with E-state index >= 15 is 0 Å². The predicted octanol–water partition coefficient (Wildman–Crippen LogP) is 2.15. The molecule has 2 aliphatic heterocycles. The molecule has 4 rings (SSSR count). The van der Waals surface area contributed by atoms with Crippen molar-refractivity contribution in [1.29, 1.82) is 0 Å². The number of rotatable bonds is 3. The van der Waals surface area contributed by atoms with E-state index in [-0.39, 0.29) is 11.8 Å². The number of amides is 1. The van der Waals surface area contributed by atoms with Crippen molar-refractivity contribution in [1.82, 2.24) is 24.4 Å². The van der Waals surface area contributed by atoms with Gasteiger partial charge in [-0.1, -0.05) is 11.6 Å². The second-order valence-corrected chi connectivity index (χ2v) is 8.25. The molecule has 2 saturated heterocycles. The Morgan fingerprint density at radius 2 is 1.93 bits per heavy atom. The highest BCUT2D eigenvalue weighted by molar-refractivity contribution is 6.30.